The molecule has 3 N–H and O–H groups in total. The maximum absolute atomic E-state index is 12.6. The number of carbonyl (C=O) groups excluding carboxylic acids is 2. The van der Waals surface area contributed by atoms with Gasteiger partial charge in [0.05, 0.1) is 15.1 Å². The number of nitrogens with zero attached hydrogens (tertiary/aromatic N) is 2. The van der Waals surface area contributed by atoms with Crippen LogP contribution in [0.1, 0.15) is 47.0 Å². The number of piperidine rings is 1. The number of H-pyrrole nitrogens is 1. The van der Waals surface area contributed by atoms with Gasteiger partial charge in [-0.3, -0.25) is 14.7 Å². The number of hydrogen-bond acceptors (Lipinski definition) is 4. The van der Waals surface area contributed by atoms with Crippen molar-refractivity contribution in [1.29, 1.82) is 0 Å². The Kier molecular flexibility index (Phi) is 7.09. The summed E-state index contributed by atoms with van der Waals surface area (Å²) in [7, 11) is 0. The summed E-state index contributed by atoms with van der Waals surface area (Å²) >= 11 is 9.40. The smallest absolute Gasteiger partial charge is 0.270 e. The number of hydrogen-bond donors (Lipinski definition) is 3. The molecule has 2 amide bonds. The van der Waals surface area contributed by atoms with Crippen LogP contribution < -0.4 is 10.6 Å². The van der Waals surface area contributed by atoms with Crippen LogP contribution in [0.25, 0.3) is 0 Å². The molecule has 1 aliphatic heterocycles. The summed E-state index contributed by atoms with van der Waals surface area (Å²) in [5.41, 5.74) is 0.597. The molecule has 1 aromatic carbocycles. The van der Waals surface area contributed by atoms with E-state index in [2.05, 4.69) is 41.7 Å². The van der Waals surface area contributed by atoms with Crippen molar-refractivity contribution in [2.45, 2.75) is 32.2 Å². The summed E-state index contributed by atoms with van der Waals surface area (Å²) in [6.07, 6.45) is 3.70. The van der Waals surface area contributed by atoms with E-state index in [9.17, 15) is 9.59 Å². The molecule has 1 aromatic heterocycles. The molecule has 2 aromatic rings. The van der Waals surface area contributed by atoms with Gasteiger partial charge in [0.2, 0.25) is 0 Å². The monoisotopic (exact) mass is 467 g/mol. The van der Waals surface area contributed by atoms with Gasteiger partial charge >= 0.3 is 0 Å². The quantitative estimate of drug-likeness (QED) is 0.603. The van der Waals surface area contributed by atoms with E-state index >= 15 is 0 Å². The van der Waals surface area contributed by atoms with Crippen LogP contribution in [-0.4, -0.2) is 52.6 Å². The summed E-state index contributed by atoms with van der Waals surface area (Å²) in [4.78, 5) is 27.3. The molecule has 0 bridgehead atoms. The number of anilines is 1. The summed E-state index contributed by atoms with van der Waals surface area (Å²) in [6, 6.07) is 6.73. The molecule has 1 saturated heterocycles. The molecule has 2 heterocycles. The van der Waals surface area contributed by atoms with Crippen LogP contribution >= 0.6 is 27.5 Å². The van der Waals surface area contributed by atoms with E-state index in [-0.39, 0.29) is 23.5 Å². The molecule has 1 unspecified atom stereocenters. The van der Waals surface area contributed by atoms with E-state index in [0.29, 0.717) is 15.1 Å². The fourth-order valence-corrected chi connectivity index (χ4v) is 3.93. The molecule has 28 heavy (non-hydrogen) atoms. The first-order valence-electron chi connectivity index (χ1n) is 9.28. The van der Waals surface area contributed by atoms with E-state index < -0.39 is 5.91 Å². The molecule has 150 valence electrons. The number of carbonyl (C=O) groups is 2. The number of aromatic amines is 1. The van der Waals surface area contributed by atoms with Gasteiger partial charge in [-0.15, -0.1) is 0 Å². The van der Waals surface area contributed by atoms with Crippen LogP contribution in [0, 0.1) is 0 Å². The Morgan fingerprint density at radius 3 is 2.68 bits per heavy atom. The van der Waals surface area contributed by atoms with Crippen molar-refractivity contribution >= 4 is 45.2 Å². The first-order chi connectivity index (χ1) is 13.5. The number of likely N-dealkylation sites (tertiary alicyclic amines) is 1. The zero-order chi connectivity index (χ0) is 20.1. The SMILES string of the molecule is CC(CN1CCCCC1)NC(=O)c1[nH]nc(NC(=O)c2ccccc2Cl)c1Br. The molecule has 9 heteroatoms. The Bertz CT molecular complexity index is 851. The molecule has 0 aliphatic carbocycles. The van der Waals surface area contributed by atoms with Crippen molar-refractivity contribution in [3.05, 3.63) is 45.0 Å². The Hall–Kier alpha value is -1.90. The second-order valence-corrected chi connectivity index (χ2v) is 8.13. The van der Waals surface area contributed by atoms with Gasteiger partial charge in [0.25, 0.3) is 11.8 Å². The normalized spacial score (nSPS) is 15.8. The Morgan fingerprint density at radius 1 is 1.25 bits per heavy atom. The third-order valence-corrected chi connectivity index (χ3v) is 5.74. The van der Waals surface area contributed by atoms with Crippen LogP contribution in [0.15, 0.2) is 28.7 Å². The van der Waals surface area contributed by atoms with Gasteiger partial charge in [0.1, 0.15) is 5.69 Å². The maximum atomic E-state index is 12.6. The van der Waals surface area contributed by atoms with Crippen LogP contribution in [0.2, 0.25) is 5.02 Å². The van der Waals surface area contributed by atoms with Gasteiger partial charge in [0, 0.05) is 12.6 Å². The number of rotatable bonds is 6. The third kappa shape index (κ3) is 5.12. The van der Waals surface area contributed by atoms with Crippen LogP contribution in [0.4, 0.5) is 5.82 Å². The molecule has 0 saturated carbocycles. The average molecular weight is 469 g/mol. The first-order valence-corrected chi connectivity index (χ1v) is 10.5. The number of amides is 2. The Labute approximate surface area is 177 Å². The second-order valence-electron chi connectivity index (χ2n) is 6.93. The molecule has 1 aliphatic rings. The van der Waals surface area contributed by atoms with Gasteiger partial charge in [0.15, 0.2) is 5.82 Å². The number of aromatic nitrogens is 2. The van der Waals surface area contributed by atoms with Crippen LogP contribution in [-0.2, 0) is 0 Å². The number of benzene rings is 1. The lowest BCUT2D eigenvalue weighted by Crippen LogP contribution is -2.43. The van der Waals surface area contributed by atoms with Crippen LogP contribution in [0.3, 0.4) is 0 Å². The van der Waals surface area contributed by atoms with Gasteiger partial charge in [-0.05, 0) is 60.9 Å². The van der Waals surface area contributed by atoms with Crippen LogP contribution in [0.5, 0.6) is 0 Å². The summed E-state index contributed by atoms with van der Waals surface area (Å²) in [5, 5.41) is 12.7. The van der Waals surface area contributed by atoms with Crippen molar-refractivity contribution in [3.8, 4) is 0 Å². The summed E-state index contributed by atoms with van der Waals surface area (Å²) in [5.74, 6) is -0.441. The van der Waals surface area contributed by atoms with E-state index in [0.717, 1.165) is 19.6 Å². The largest absolute Gasteiger partial charge is 0.347 e. The fraction of sp³-hybridized carbons (Fsp3) is 0.421. The maximum Gasteiger partial charge on any atom is 0.270 e. The van der Waals surface area contributed by atoms with Crippen molar-refractivity contribution < 1.29 is 9.59 Å². The van der Waals surface area contributed by atoms with E-state index in [1.807, 2.05) is 6.92 Å². The molecule has 1 atom stereocenters. The lowest BCUT2D eigenvalue weighted by Gasteiger charge is -2.29. The zero-order valence-corrected chi connectivity index (χ0v) is 17.9. The number of nitrogens with one attached hydrogen (secondary N) is 3. The van der Waals surface area contributed by atoms with Gasteiger partial charge in [-0.1, -0.05) is 30.2 Å². The fourth-order valence-electron chi connectivity index (χ4n) is 3.25. The minimum atomic E-state index is -0.400. The van der Waals surface area contributed by atoms with Gasteiger partial charge in [-0.25, -0.2) is 0 Å². The van der Waals surface area contributed by atoms with E-state index in [1.54, 1.807) is 24.3 Å². The highest BCUT2D eigenvalue weighted by Crippen LogP contribution is 2.25. The van der Waals surface area contributed by atoms with Crippen molar-refractivity contribution in [3.63, 3.8) is 0 Å². The van der Waals surface area contributed by atoms with E-state index in [4.69, 9.17) is 11.6 Å². The van der Waals surface area contributed by atoms with Crippen molar-refractivity contribution in [1.82, 2.24) is 20.4 Å². The van der Waals surface area contributed by atoms with Gasteiger partial charge < -0.3 is 15.5 Å². The average Bonchev–Trinajstić information content (AvgIpc) is 3.03. The molecule has 3 rings (SSSR count). The minimum Gasteiger partial charge on any atom is -0.347 e. The molecular formula is C19H23BrClN5O2. The third-order valence-electron chi connectivity index (χ3n) is 4.64. The standard InChI is InChI=1S/C19H23BrClN5O2/c1-12(11-26-9-5-2-6-10-26)22-19(28)16-15(20)17(25-24-16)23-18(27)13-7-3-4-8-14(13)21/h3-4,7-8,12H,2,5-6,9-11H2,1H3,(H,22,28)(H2,23,24,25,27). The highest BCUT2D eigenvalue weighted by atomic mass is 79.9. The molecule has 0 spiro atoms. The molecule has 0 radical (unpaired) electrons. The molecule has 7 nitrogen and oxygen atoms in total. The predicted molar refractivity (Wildman–Crippen MR) is 113 cm³/mol. The first kappa shape index (κ1) is 20.8. The minimum absolute atomic E-state index is 0.00182. The van der Waals surface area contributed by atoms with Gasteiger partial charge in [-0.2, -0.15) is 5.10 Å². The van der Waals surface area contributed by atoms with Crippen molar-refractivity contribution in [2.24, 2.45) is 0 Å². The Balaban J connectivity index is 1.61. The lowest BCUT2D eigenvalue weighted by molar-refractivity contribution is 0.0919. The Morgan fingerprint density at radius 2 is 1.96 bits per heavy atom. The predicted octanol–water partition coefficient (Wildman–Crippen LogP) is 3.68. The molecular weight excluding hydrogens is 446 g/mol. The topological polar surface area (TPSA) is 90.1 Å². The number of halogens is 2. The lowest BCUT2D eigenvalue weighted by atomic mass is 10.1. The zero-order valence-electron chi connectivity index (χ0n) is 15.6. The second kappa shape index (κ2) is 9.54. The summed E-state index contributed by atoms with van der Waals surface area (Å²) in [6.45, 7) is 4.95. The highest BCUT2D eigenvalue weighted by Gasteiger charge is 2.22. The highest BCUT2D eigenvalue weighted by molar-refractivity contribution is 9.10. The summed E-state index contributed by atoms with van der Waals surface area (Å²) < 4.78 is 0.399. The van der Waals surface area contributed by atoms with Crippen molar-refractivity contribution in [2.75, 3.05) is 25.0 Å². The molecule has 1 fully saturated rings. The van der Waals surface area contributed by atoms with E-state index in [1.165, 1.54) is 19.3 Å².